The highest BCUT2D eigenvalue weighted by Gasteiger charge is 2.17. The summed E-state index contributed by atoms with van der Waals surface area (Å²) in [5, 5.41) is 3.21. The van der Waals surface area contributed by atoms with E-state index in [9.17, 15) is 4.39 Å². The first-order valence-electron chi connectivity index (χ1n) is 7.75. The number of halogens is 1. The van der Waals surface area contributed by atoms with Crippen LogP contribution in [0.15, 0.2) is 54.3 Å². The smallest absolute Gasteiger partial charge is 0.174 e. The molecule has 1 aromatic carbocycles. The number of aromatic nitrogens is 4. The number of rotatable bonds is 5. The maximum absolute atomic E-state index is 13.2. The minimum Gasteiger partial charge on any atom is -0.493 e. The molecule has 26 heavy (non-hydrogen) atoms. The fourth-order valence-corrected chi connectivity index (χ4v) is 3.11. The molecule has 0 spiro atoms. The summed E-state index contributed by atoms with van der Waals surface area (Å²) in [6.07, 6.45) is 3.43. The van der Waals surface area contributed by atoms with E-state index in [4.69, 9.17) is 4.74 Å². The van der Waals surface area contributed by atoms with Gasteiger partial charge in [0.1, 0.15) is 17.3 Å². The number of anilines is 2. The zero-order valence-corrected chi connectivity index (χ0v) is 14.5. The standard InChI is InChI=1S/C18H14FN5OS/c1-25-13-3-2-8-21-17(13)24-18-15(14-9-20-10-26-14)22-16(23-18)11-4-6-12(19)7-5-11/h2-10H,1H3,(H,21,24)(H,22,23). The van der Waals surface area contributed by atoms with Crippen LogP contribution in [0.1, 0.15) is 0 Å². The molecule has 0 radical (unpaired) electrons. The SMILES string of the molecule is COc1cccnc1Nc1nc(-c2ccc(F)cc2)[nH]c1-c1cncs1. The van der Waals surface area contributed by atoms with E-state index < -0.39 is 0 Å². The fourth-order valence-electron chi connectivity index (χ4n) is 2.49. The van der Waals surface area contributed by atoms with Gasteiger partial charge >= 0.3 is 0 Å². The number of pyridine rings is 1. The molecule has 8 heteroatoms. The fraction of sp³-hybridized carbons (Fsp3) is 0.0556. The van der Waals surface area contributed by atoms with E-state index in [0.29, 0.717) is 23.2 Å². The van der Waals surface area contributed by atoms with Gasteiger partial charge in [0.25, 0.3) is 0 Å². The minimum absolute atomic E-state index is 0.292. The van der Waals surface area contributed by atoms with Gasteiger partial charge < -0.3 is 15.0 Å². The summed E-state index contributed by atoms with van der Waals surface area (Å²) in [4.78, 5) is 17.3. The number of imidazole rings is 1. The van der Waals surface area contributed by atoms with Crippen molar-refractivity contribution < 1.29 is 9.13 Å². The average Bonchev–Trinajstić information content (AvgIpc) is 3.32. The molecule has 0 saturated carbocycles. The van der Waals surface area contributed by atoms with Crippen molar-refractivity contribution in [1.82, 2.24) is 19.9 Å². The number of nitrogens with zero attached hydrogens (tertiary/aromatic N) is 3. The molecule has 0 unspecified atom stereocenters. The number of thiazole rings is 1. The van der Waals surface area contributed by atoms with E-state index in [1.54, 1.807) is 43.2 Å². The third kappa shape index (κ3) is 3.14. The molecule has 130 valence electrons. The van der Waals surface area contributed by atoms with Crippen molar-refractivity contribution in [2.24, 2.45) is 0 Å². The summed E-state index contributed by atoms with van der Waals surface area (Å²) < 4.78 is 18.5. The molecule has 0 aliphatic carbocycles. The van der Waals surface area contributed by atoms with Gasteiger partial charge in [0.05, 0.1) is 17.5 Å². The summed E-state index contributed by atoms with van der Waals surface area (Å²) in [6.45, 7) is 0. The molecule has 0 atom stereocenters. The van der Waals surface area contributed by atoms with E-state index in [1.165, 1.54) is 23.5 Å². The van der Waals surface area contributed by atoms with Crippen molar-refractivity contribution in [3.8, 4) is 27.7 Å². The highest BCUT2D eigenvalue weighted by atomic mass is 32.1. The lowest BCUT2D eigenvalue weighted by atomic mass is 10.2. The van der Waals surface area contributed by atoms with Crippen LogP contribution in [0.5, 0.6) is 5.75 Å². The summed E-state index contributed by atoms with van der Waals surface area (Å²) in [5.41, 5.74) is 3.30. The monoisotopic (exact) mass is 367 g/mol. The van der Waals surface area contributed by atoms with Gasteiger partial charge in [-0.25, -0.2) is 14.4 Å². The number of hydrogen-bond acceptors (Lipinski definition) is 6. The number of H-pyrrole nitrogens is 1. The van der Waals surface area contributed by atoms with E-state index >= 15 is 0 Å². The molecule has 6 nitrogen and oxygen atoms in total. The molecule has 4 rings (SSSR count). The van der Waals surface area contributed by atoms with E-state index in [2.05, 4.69) is 25.3 Å². The van der Waals surface area contributed by atoms with Crippen LogP contribution in [0, 0.1) is 5.82 Å². The molecule has 0 fully saturated rings. The van der Waals surface area contributed by atoms with Crippen LogP contribution < -0.4 is 10.1 Å². The minimum atomic E-state index is -0.292. The number of methoxy groups -OCH3 is 1. The number of nitrogens with one attached hydrogen (secondary N) is 2. The average molecular weight is 367 g/mol. The number of ether oxygens (including phenoxy) is 1. The Hall–Kier alpha value is -3.26. The van der Waals surface area contributed by atoms with Crippen LogP contribution in [0.3, 0.4) is 0 Å². The summed E-state index contributed by atoms with van der Waals surface area (Å²) in [6, 6.07) is 9.77. The Bertz CT molecular complexity index is 1010. The first-order chi connectivity index (χ1) is 12.7. The second kappa shape index (κ2) is 6.93. The Labute approximate surface area is 152 Å². The highest BCUT2D eigenvalue weighted by Crippen LogP contribution is 2.34. The van der Waals surface area contributed by atoms with Gasteiger partial charge in [-0.1, -0.05) is 0 Å². The third-order valence-corrected chi connectivity index (χ3v) is 4.52. The molecule has 0 aliphatic heterocycles. The molecule has 0 aliphatic rings. The number of aromatic amines is 1. The van der Waals surface area contributed by atoms with Crippen molar-refractivity contribution in [2.75, 3.05) is 12.4 Å². The highest BCUT2D eigenvalue weighted by molar-refractivity contribution is 7.13. The lowest BCUT2D eigenvalue weighted by Gasteiger charge is -2.08. The Morgan fingerprint density at radius 2 is 2.00 bits per heavy atom. The van der Waals surface area contributed by atoms with E-state index in [1.807, 2.05) is 6.07 Å². The van der Waals surface area contributed by atoms with Gasteiger partial charge in [-0.05, 0) is 36.4 Å². The summed E-state index contributed by atoms with van der Waals surface area (Å²) in [7, 11) is 1.58. The van der Waals surface area contributed by atoms with Crippen molar-refractivity contribution >= 4 is 23.0 Å². The molecule has 0 saturated heterocycles. The molecular weight excluding hydrogens is 353 g/mol. The van der Waals surface area contributed by atoms with Crippen LogP contribution in [0.25, 0.3) is 22.0 Å². The Morgan fingerprint density at radius 3 is 2.73 bits per heavy atom. The summed E-state index contributed by atoms with van der Waals surface area (Å²) in [5.74, 6) is 2.07. The lowest BCUT2D eigenvalue weighted by Crippen LogP contribution is -1.98. The van der Waals surface area contributed by atoms with Crippen molar-refractivity contribution in [3.05, 3.63) is 60.1 Å². The maximum atomic E-state index is 13.2. The quantitative estimate of drug-likeness (QED) is 0.544. The molecule has 2 N–H and O–H groups in total. The third-order valence-electron chi connectivity index (χ3n) is 3.73. The maximum Gasteiger partial charge on any atom is 0.174 e. The zero-order valence-electron chi connectivity index (χ0n) is 13.7. The predicted molar refractivity (Wildman–Crippen MR) is 99.2 cm³/mol. The first kappa shape index (κ1) is 16.2. The van der Waals surface area contributed by atoms with Crippen LogP contribution in [-0.2, 0) is 0 Å². The van der Waals surface area contributed by atoms with Crippen molar-refractivity contribution in [1.29, 1.82) is 0 Å². The predicted octanol–water partition coefficient (Wildman–Crippen LogP) is 4.49. The normalized spacial score (nSPS) is 10.7. The molecule has 3 aromatic heterocycles. The van der Waals surface area contributed by atoms with Crippen LogP contribution in [-0.4, -0.2) is 27.0 Å². The molecule has 4 aromatic rings. The van der Waals surface area contributed by atoms with Gasteiger partial charge in [0, 0.05) is 18.0 Å². The molecular formula is C18H14FN5OS. The van der Waals surface area contributed by atoms with Gasteiger partial charge in [0.15, 0.2) is 17.4 Å². The van der Waals surface area contributed by atoms with Crippen molar-refractivity contribution in [2.45, 2.75) is 0 Å². The van der Waals surface area contributed by atoms with Crippen LogP contribution in [0.2, 0.25) is 0 Å². The topological polar surface area (TPSA) is 75.7 Å². The van der Waals surface area contributed by atoms with Gasteiger partial charge in [-0.15, -0.1) is 11.3 Å². The van der Waals surface area contributed by atoms with Crippen LogP contribution in [0.4, 0.5) is 16.0 Å². The van der Waals surface area contributed by atoms with E-state index in [-0.39, 0.29) is 5.82 Å². The van der Waals surface area contributed by atoms with Crippen LogP contribution >= 0.6 is 11.3 Å². The zero-order chi connectivity index (χ0) is 17.9. The van der Waals surface area contributed by atoms with Gasteiger partial charge in [-0.3, -0.25) is 4.98 Å². The molecule has 3 heterocycles. The first-order valence-corrected chi connectivity index (χ1v) is 8.63. The molecule has 0 bridgehead atoms. The van der Waals surface area contributed by atoms with E-state index in [0.717, 1.165) is 16.1 Å². The van der Waals surface area contributed by atoms with Crippen molar-refractivity contribution in [3.63, 3.8) is 0 Å². The number of hydrogen-bond donors (Lipinski definition) is 2. The van der Waals surface area contributed by atoms with Gasteiger partial charge in [-0.2, -0.15) is 0 Å². The Balaban J connectivity index is 1.78. The second-order valence-corrected chi connectivity index (χ2v) is 6.25. The Kier molecular flexibility index (Phi) is 4.32. The largest absolute Gasteiger partial charge is 0.493 e. The Morgan fingerprint density at radius 1 is 1.15 bits per heavy atom. The molecule has 0 amide bonds. The second-order valence-electron chi connectivity index (χ2n) is 5.36. The summed E-state index contributed by atoms with van der Waals surface area (Å²) >= 11 is 1.49. The van der Waals surface area contributed by atoms with Gasteiger partial charge in [0.2, 0.25) is 0 Å². The lowest BCUT2D eigenvalue weighted by molar-refractivity contribution is 0.415. The number of benzene rings is 1.